The SMILES string of the molecule is CC[N+](CC)(CC)CC.CC[N+](CC)(CC)CC.CC[N+](CC)(CC)CC.[BH4-].[BH4-].[BH4-]. The molecule has 0 spiro atoms. The van der Waals surface area contributed by atoms with E-state index in [1.165, 1.54) is 92.0 Å². The highest BCUT2D eigenvalue weighted by Crippen LogP contribution is 2.04. The minimum Gasteiger partial charge on any atom is -0.325 e. The Hall–Kier alpha value is 0.0748. The lowest BCUT2D eigenvalue weighted by Gasteiger charge is -2.34. The van der Waals surface area contributed by atoms with E-state index in [9.17, 15) is 0 Å². The van der Waals surface area contributed by atoms with Crippen LogP contribution >= 0.6 is 0 Å². The molecular weight excluding hydrogens is 363 g/mol. The van der Waals surface area contributed by atoms with Crippen LogP contribution in [0.3, 0.4) is 0 Å². The molecule has 0 aliphatic rings. The molecular formula is C24H72B3N3. The minimum atomic E-state index is 0. The molecule has 0 bridgehead atoms. The van der Waals surface area contributed by atoms with Crippen LogP contribution in [-0.4, -0.2) is 117 Å². The van der Waals surface area contributed by atoms with Crippen molar-refractivity contribution < 1.29 is 13.4 Å². The number of hydrogen-bond acceptors (Lipinski definition) is 0. The standard InChI is InChI=1S/3C8H20N.3BH4/c3*1-5-9(6-2,7-3)8-4;;;/h3*5-8H2,1-4H3;3*1H4/q3*+1;3*-1. The van der Waals surface area contributed by atoms with Crippen molar-refractivity contribution in [2.45, 2.75) is 83.1 Å². The van der Waals surface area contributed by atoms with Crippen LogP contribution in [0.1, 0.15) is 83.1 Å². The quantitative estimate of drug-likeness (QED) is 0.320. The van der Waals surface area contributed by atoms with Crippen molar-refractivity contribution in [3.63, 3.8) is 0 Å². The second-order valence-electron chi connectivity index (χ2n) is 7.82. The van der Waals surface area contributed by atoms with Gasteiger partial charge in [-0.2, -0.15) is 0 Å². The highest BCUT2D eigenvalue weighted by atomic mass is 15.3. The zero-order valence-corrected chi connectivity index (χ0v) is 21.8. The molecule has 0 heterocycles. The van der Waals surface area contributed by atoms with Crippen LogP contribution in [0, 0.1) is 0 Å². The van der Waals surface area contributed by atoms with Crippen molar-refractivity contribution in [2.75, 3.05) is 78.5 Å². The first kappa shape index (κ1) is 43.9. The van der Waals surface area contributed by atoms with Gasteiger partial charge in [-0.3, -0.25) is 0 Å². The van der Waals surface area contributed by atoms with Gasteiger partial charge in [0.15, 0.2) is 0 Å². The molecule has 0 aliphatic carbocycles. The number of quaternary nitrogens is 3. The van der Waals surface area contributed by atoms with Crippen LogP contribution in [0.25, 0.3) is 0 Å². The molecule has 0 N–H and O–H groups in total. The first-order valence-electron chi connectivity index (χ1n) is 12.3. The largest absolute Gasteiger partial charge is 0.325 e. The van der Waals surface area contributed by atoms with Gasteiger partial charge < -0.3 is 13.4 Å². The Balaban J connectivity index is -0.0000000686. The summed E-state index contributed by atoms with van der Waals surface area (Å²) in [7, 11) is 0. The highest BCUT2D eigenvalue weighted by molar-refractivity contribution is 5.76. The van der Waals surface area contributed by atoms with Crippen molar-refractivity contribution in [2.24, 2.45) is 0 Å². The Labute approximate surface area is 200 Å². The fourth-order valence-electron chi connectivity index (χ4n) is 4.02. The van der Waals surface area contributed by atoms with Gasteiger partial charge in [0.1, 0.15) is 0 Å². The summed E-state index contributed by atoms with van der Waals surface area (Å²) in [5.74, 6) is 0. The minimum absolute atomic E-state index is 0. The Morgan fingerprint density at radius 2 is 0.300 bits per heavy atom. The summed E-state index contributed by atoms with van der Waals surface area (Å²) < 4.78 is 3.83. The van der Waals surface area contributed by atoms with Crippen LogP contribution in [0.5, 0.6) is 0 Å². The van der Waals surface area contributed by atoms with Crippen LogP contribution in [0.15, 0.2) is 0 Å². The van der Waals surface area contributed by atoms with E-state index in [1.54, 1.807) is 0 Å². The van der Waals surface area contributed by atoms with E-state index >= 15 is 0 Å². The average molecular weight is 435 g/mol. The molecule has 0 saturated heterocycles. The van der Waals surface area contributed by atoms with Crippen molar-refractivity contribution in [3.05, 3.63) is 0 Å². The third kappa shape index (κ3) is 15.8. The topological polar surface area (TPSA) is 0 Å². The molecule has 0 saturated carbocycles. The summed E-state index contributed by atoms with van der Waals surface area (Å²) >= 11 is 0. The van der Waals surface area contributed by atoms with E-state index in [0.717, 1.165) is 0 Å². The van der Waals surface area contributed by atoms with Gasteiger partial charge in [-0.1, -0.05) is 25.2 Å². The van der Waals surface area contributed by atoms with Gasteiger partial charge in [-0.15, -0.1) is 0 Å². The van der Waals surface area contributed by atoms with E-state index in [0.29, 0.717) is 0 Å². The van der Waals surface area contributed by atoms with Crippen LogP contribution < -0.4 is 0 Å². The number of rotatable bonds is 12. The lowest BCUT2D eigenvalue weighted by atomic mass is 10.3. The third-order valence-electron chi connectivity index (χ3n) is 8.05. The third-order valence-corrected chi connectivity index (χ3v) is 8.05. The van der Waals surface area contributed by atoms with E-state index in [4.69, 9.17) is 0 Å². The summed E-state index contributed by atoms with van der Waals surface area (Å²) in [6, 6.07) is 0. The Bertz CT molecular complexity index is 204. The molecule has 0 rings (SSSR count). The summed E-state index contributed by atoms with van der Waals surface area (Å²) in [6.45, 7) is 42.7. The van der Waals surface area contributed by atoms with Crippen LogP contribution in [-0.2, 0) is 0 Å². The molecule has 0 aromatic rings. The van der Waals surface area contributed by atoms with E-state index in [-0.39, 0.29) is 25.2 Å². The molecule has 6 heteroatoms. The monoisotopic (exact) mass is 436 g/mol. The molecule has 0 aliphatic heterocycles. The molecule has 0 fully saturated rings. The summed E-state index contributed by atoms with van der Waals surface area (Å²) in [4.78, 5) is 0. The molecule has 30 heavy (non-hydrogen) atoms. The maximum atomic E-state index is 2.27. The van der Waals surface area contributed by atoms with Crippen molar-refractivity contribution in [3.8, 4) is 0 Å². The first-order valence-corrected chi connectivity index (χ1v) is 12.3. The highest BCUT2D eigenvalue weighted by Gasteiger charge is 2.17. The zero-order valence-electron chi connectivity index (χ0n) is 21.8. The molecule has 0 amide bonds. The van der Waals surface area contributed by atoms with Crippen LogP contribution in [0.2, 0.25) is 0 Å². The fourth-order valence-corrected chi connectivity index (χ4v) is 4.02. The maximum Gasteiger partial charge on any atom is 0.0757 e. The van der Waals surface area contributed by atoms with Gasteiger partial charge in [0, 0.05) is 0 Å². The van der Waals surface area contributed by atoms with Crippen molar-refractivity contribution >= 4 is 25.2 Å². The molecule has 0 aromatic heterocycles. The van der Waals surface area contributed by atoms with Gasteiger partial charge in [0.25, 0.3) is 0 Å². The fraction of sp³-hybridized carbons (Fsp3) is 1.00. The first-order chi connectivity index (χ1) is 12.7. The van der Waals surface area contributed by atoms with Gasteiger partial charge in [0.05, 0.1) is 78.5 Å². The summed E-state index contributed by atoms with van der Waals surface area (Å²) in [6.07, 6.45) is 0. The van der Waals surface area contributed by atoms with Gasteiger partial charge in [0.2, 0.25) is 0 Å². The van der Waals surface area contributed by atoms with E-state index < -0.39 is 0 Å². The normalized spacial score (nSPS) is 10.8. The molecule has 0 radical (unpaired) electrons. The molecule has 3 nitrogen and oxygen atoms in total. The van der Waals surface area contributed by atoms with Crippen molar-refractivity contribution in [1.29, 1.82) is 0 Å². The summed E-state index contributed by atoms with van der Waals surface area (Å²) in [5, 5.41) is 0. The number of nitrogens with zero attached hydrogens (tertiary/aromatic N) is 3. The molecule has 0 aromatic carbocycles. The van der Waals surface area contributed by atoms with Gasteiger partial charge >= 0.3 is 0 Å². The Morgan fingerprint density at radius 1 is 0.233 bits per heavy atom. The van der Waals surface area contributed by atoms with Gasteiger partial charge in [-0.05, 0) is 83.1 Å². The predicted octanol–water partition coefficient (Wildman–Crippen LogP) is 1.29. The van der Waals surface area contributed by atoms with E-state index in [2.05, 4.69) is 83.1 Å². The zero-order chi connectivity index (χ0) is 22.0. The second kappa shape index (κ2) is 25.3. The smallest absolute Gasteiger partial charge is 0.0757 e. The lowest BCUT2D eigenvalue weighted by Crippen LogP contribution is -2.47. The Kier molecular flexibility index (Phi) is 37.0. The van der Waals surface area contributed by atoms with E-state index in [1.807, 2.05) is 0 Å². The number of hydrogen-bond donors (Lipinski definition) is 0. The van der Waals surface area contributed by atoms with Gasteiger partial charge in [-0.25, -0.2) is 0 Å². The van der Waals surface area contributed by atoms with Crippen molar-refractivity contribution in [1.82, 2.24) is 0 Å². The molecule has 192 valence electrons. The lowest BCUT2D eigenvalue weighted by molar-refractivity contribution is -0.921. The molecule has 0 unspecified atom stereocenters. The predicted molar refractivity (Wildman–Crippen MR) is 161 cm³/mol. The average Bonchev–Trinajstić information content (AvgIpc) is 2.75. The maximum absolute atomic E-state index is 2.27. The second-order valence-corrected chi connectivity index (χ2v) is 7.82. The van der Waals surface area contributed by atoms with Crippen LogP contribution in [0.4, 0.5) is 0 Å². The summed E-state index contributed by atoms with van der Waals surface area (Å²) in [5.41, 5.74) is 0. The Morgan fingerprint density at radius 3 is 0.300 bits per heavy atom. The molecule has 0 atom stereocenters.